The third kappa shape index (κ3) is 2.05. The summed E-state index contributed by atoms with van der Waals surface area (Å²) in [7, 11) is 0. The number of nitrogens with zero attached hydrogens (tertiary/aromatic N) is 2. The Bertz CT molecular complexity index is 775. The summed E-state index contributed by atoms with van der Waals surface area (Å²) in [5.41, 5.74) is 0.456. The highest BCUT2D eigenvalue weighted by molar-refractivity contribution is 14.1. The summed E-state index contributed by atoms with van der Waals surface area (Å²) in [5.74, 6) is -0.272. The van der Waals surface area contributed by atoms with Crippen molar-refractivity contribution < 1.29 is 9.59 Å². The number of carbonyl (C=O) groups is 2. The van der Waals surface area contributed by atoms with Gasteiger partial charge in [-0.1, -0.05) is 17.4 Å². The molecule has 1 spiro atoms. The van der Waals surface area contributed by atoms with Gasteiger partial charge in [-0.2, -0.15) is 0 Å². The first-order valence-corrected chi connectivity index (χ1v) is 8.61. The Balaban J connectivity index is 1.67. The number of fused-ring (bicyclic) bond motifs is 1. The van der Waals surface area contributed by atoms with E-state index < -0.39 is 5.41 Å². The van der Waals surface area contributed by atoms with Crippen LogP contribution in [0.1, 0.15) is 12.8 Å². The fourth-order valence-corrected chi connectivity index (χ4v) is 4.90. The van der Waals surface area contributed by atoms with Crippen LogP contribution in [0.2, 0.25) is 0 Å². The first-order chi connectivity index (χ1) is 10.1. The zero-order valence-electron chi connectivity index (χ0n) is 11.1. The standard InChI is InChI=1S/C14H12IN3O2S/c15-8-2-1-3-9-11(8)21-13(16-9)18-5-4-14(7-18)6-10(19)17-12(14)20/h1-3H,4-7H2,(H,17,19,20). The number of anilines is 1. The van der Waals surface area contributed by atoms with E-state index in [-0.39, 0.29) is 11.8 Å². The Kier molecular flexibility index (Phi) is 2.97. The molecule has 2 fully saturated rings. The summed E-state index contributed by atoms with van der Waals surface area (Å²) in [6.07, 6.45) is 1.03. The van der Waals surface area contributed by atoms with Crippen LogP contribution in [0.15, 0.2) is 18.2 Å². The molecule has 7 heteroatoms. The van der Waals surface area contributed by atoms with Crippen molar-refractivity contribution in [1.29, 1.82) is 0 Å². The maximum Gasteiger partial charge on any atom is 0.235 e. The molecule has 2 amide bonds. The first-order valence-electron chi connectivity index (χ1n) is 6.72. The van der Waals surface area contributed by atoms with Crippen molar-refractivity contribution in [2.24, 2.45) is 5.41 Å². The van der Waals surface area contributed by atoms with Crippen molar-refractivity contribution >= 4 is 61.1 Å². The minimum Gasteiger partial charge on any atom is -0.347 e. The lowest BCUT2D eigenvalue weighted by atomic mass is 9.85. The van der Waals surface area contributed by atoms with Gasteiger partial charge in [0, 0.05) is 23.1 Å². The van der Waals surface area contributed by atoms with Crippen molar-refractivity contribution in [3.8, 4) is 0 Å². The second-order valence-corrected chi connectivity index (χ2v) is 7.73. The molecular weight excluding hydrogens is 401 g/mol. The largest absolute Gasteiger partial charge is 0.347 e. The molecule has 4 rings (SSSR count). The van der Waals surface area contributed by atoms with Crippen LogP contribution in [0.4, 0.5) is 5.13 Å². The van der Waals surface area contributed by atoms with Gasteiger partial charge in [0.25, 0.3) is 0 Å². The molecule has 0 radical (unpaired) electrons. The zero-order valence-corrected chi connectivity index (χ0v) is 14.0. The lowest BCUT2D eigenvalue weighted by molar-refractivity contribution is -0.127. The van der Waals surface area contributed by atoms with Gasteiger partial charge >= 0.3 is 0 Å². The number of amides is 2. The molecule has 21 heavy (non-hydrogen) atoms. The Morgan fingerprint density at radius 1 is 1.38 bits per heavy atom. The smallest absolute Gasteiger partial charge is 0.235 e. The van der Waals surface area contributed by atoms with Gasteiger partial charge in [-0.15, -0.1) is 0 Å². The van der Waals surface area contributed by atoms with Gasteiger partial charge in [-0.3, -0.25) is 14.9 Å². The number of hydrogen-bond donors (Lipinski definition) is 1. The Morgan fingerprint density at radius 3 is 2.95 bits per heavy atom. The number of halogens is 1. The van der Waals surface area contributed by atoms with E-state index in [2.05, 4.69) is 43.9 Å². The molecule has 108 valence electrons. The molecule has 1 atom stereocenters. The number of nitrogens with one attached hydrogen (secondary N) is 1. The van der Waals surface area contributed by atoms with Gasteiger partial charge in [0.1, 0.15) is 0 Å². The third-order valence-electron chi connectivity index (χ3n) is 4.21. The predicted octanol–water partition coefficient (Wildman–Crippen LogP) is 2.14. The molecule has 0 aliphatic carbocycles. The molecule has 1 aromatic heterocycles. The maximum absolute atomic E-state index is 12.0. The van der Waals surface area contributed by atoms with E-state index in [1.165, 1.54) is 8.27 Å². The minimum absolute atomic E-state index is 0.120. The lowest BCUT2D eigenvalue weighted by Crippen LogP contribution is -2.34. The van der Waals surface area contributed by atoms with Gasteiger partial charge in [0.2, 0.25) is 11.8 Å². The van der Waals surface area contributed by atoms with Gasteiger partial charge in [-0.25, -0.2) is 4.98 Å². The third-order valence-corrected chi connectivity index (χ3v) is 6.64. The van der Waals surface area contributed by atoms with Crippen molar-refractivity contribution in [1.82, 2.24) is 10.3 Å². The molecule has 5 nitrogen and oxygen atoms in total. The minimum atomic E-state index is -0.540. The van der Waals surface area contributed by atoms with Crippen LogP contribution in [-0.2, 0) is 9.59 Å². The van der Waals surface area contributed by atoms with E-state index in [9.17, 15) is 9.59 Å². The molecule has 2 aromatic rings. The van der Waals surface area contributed by atoms with Crippen LogP contribution >= 0.6 is 33.9 Å². The molecule has 1 unspecified atom stereocenters. The molecule has 2 saturated heterocycles. The van der Waals surface area contributed by atoms with Crippen molar-refractivity contribution in [2.45, 2.75) is 12.8 Å². The molecule has 2 aliphatic heterocycles. The van der Waals surface area contributed by atoms with Crippen LogP contribution in [0.25, 0.3) is 10.2 Å². The highest BCUT2D eigenvalue weighted by atomic mass is 127. The second-order valence-electron chi connectivity index (χ2n) is 5.59. The summed E-state index contributed by atoms with van der Waals surface area (Å²) in [4.78, 5) is 30.3. The number of benzene rings is 1. The Morgan fingerprint density at radius 2 is 2.24 bits per heavy atom. The van der Waals surface area contributed by atoms with Gasteiger partial charge in [-0.05, 0) is 41.1 Å². The number of imide groups is 1. The van der Waals surface area contributed by atoms with Crippen molar-refractivity contribution in [2.75, 3.05) is 18.0 Å². The first kappa shape index (κ1) is 13.4. The monoisotopic (exact) mass is 413 g/mol. The Hall–Kier alpha value is -1.22. The van der Waals surface area contributed by atoms with Crippen molar-refractivity contribution in [3.63, 3.8) is 0 Å². The maximum atomic E-state index is 12.0. The summed E-state index contributed by atoms with van der Waals surface area (Å²) in [5, 5.41) is 3.38. The molecule has 3 heterocycles. The van der Waals surface area contributed by atoms with Gasteiger partial charge < -0.3 is 4.90 Å². The Labute approximate surface area is 138 Å². The zero-order chi connectivity index (χ0) is 14.6. The average molecular weight is 413 g/mol. The van der Waals surface area contributed by atoms with Crippen LogP contribution < -0.4 is 10.2 Å². The highest BCUT2D eigenvalue weighted by Gasteiger charge is 2.51. The number of carbonyl (C=O) groups excluding carboxylic acids is 2. The summed E-state index contributed by atoms with van der Waals surface area (Å²) in [6, 6.07) is 6.08. The normalized spacial score (nSPS) is 25.3. The topological polar surface area (TPSA) is 62.3 Å². The number of aromatic nitrogens is 1. The van der Waals surface area contributed by atoms with E-state index in [0.29, 0.717) is 13.0 Å². The molecule has 0 saturated carbocycles. The second kappa shape index (κ2) is 4.64. The van der Waals surface area contributed by atoms with Gasteiger partial charge in [0.15, 0.2) is 5.13 Å². The van der Waals surface area contributed by atoms with Crippen molar-refractivity contribution in [3.05, 3.63) is 21.8 Å². The quantitative estimate of drug-likeness (QED) is 0.575. The number of rotatable bonds is 1. The molecule has 2 aliphatic rings. The van der Waals surface area contributed by atoms with E-state index in [0.717, 1.165) is 23.6 Å². The van der Waals surface area contributed by atoms with E-state index in [1.807, 2.05) is 12.1 Å². The predicted molar refractivity (Wildman–Crippen MR) is 89.4 cm³/mol. The van der Waals surface area contributed by atoms with Crippen LogP contribution in [0.5, 0.6) is 0 Å². The number of thiazole rings is 1. The van der Waals surface area contributed by atoms with Gasteiger partial charge in [0.05, 0.1) is 15.6 Å². The molecule has 0 bridgehead atoms. The summed E-state index contributed by atoms with van der Waals surface area (Å²) >= 11 is 3.97. The fourth-order valence-electron chi connectivity index (χ4n) is 3.10. The SMILES string of the molecule is O=C1CC2(CCN(c3nc4cccc(I)c4s3)C2)C(=O)N1. The molecule has 1 aromatic carbocycles. The lowest BCUT2D eigenvalue weighted by Gasteiger charge is -2.19. The average Bonchev–Trinajstić information content (AvgIpc) is 3.09. The molecule has 1 N–H and O–H groups in total. The van der Waals surface area contributed by atoms with E-state index in [4.69, 9.17) is 0 Å². The van der Waals surface area contributed by atoms with Crippen LogP contribution in [0, 0.1) is 8.99 Å². The summed E-state index contributed by atoms with van der Waals surface area (Å²) in [6.45, 7) is 1.36. The van der Waals surface area contributed by atoms with E-state index in [1.54, 1.807) is 11.3 Å². The van der Waals surface area contributed by atoms with Crippen LogP contribution in [0.3, 0.4) is 0 Å². The van der Waals surface area contributed by atoms with Crippen LogP contribution in [-0.4, -0.2) is 29.9 Å². The fraction of sp³-hybridized carbons (Fsp3) is 0.357. The number of hydrogen-bond acceptors (Lipinski definition) is 5. The summed E-state index contributed by atoms with van der Waals surface area (Å²) < 4.78 is 2.37. The highest BCUT2D eigenvalue weighted by Crippen LogP contribution is 2.41. The molecular formula is C14H12IN3O2S. The van der Waals surface area contributed by atoms with E-state index >= 15 is 0 Å².